The third-order valence-electron chi connectivity index (χ3n) is 6.98. The molecule has 4 aromatic rings. The van der Waals surface area contributed by atoms with Gasteiger partial charge in [0.05, 0.1) is 23.7 Å². The van der Waals surface area contributed by atoms with Crippen molar-refractivity contribution in [2.24, 2.45) is 7.05 Å². The monoisotopic (exact) mass is 613 g/mol. The molecule has 0 unspecified atom stereocenters. The van der Waals surface area contributed by atoms with Crippen molar-refractivity contribution in [2.75, 3.05) is 16.8 Å². The molecule has 0 spiro atoms. The summed E-state index contributed by atoms with van der Waals surface area (Å²) in [5, 5.41) is 19.7. The quantitative estimate of drug-likeness (QED) is 0.141. The number of benzene rings is 2. The van der Waals surface area contributed by atoms with E-state index < -0.39 is 35.9 Å². The third-order valence-corrected chi connectivity index (χ3v) is 6.98. The number of unbranched alkanes of at least 4 members (excludes halogenated alkanes) is 1. The van der Waals surface area contributed by atoms with Crippen LogP contribution in [0.2, 0.25) is 0 Å². The van der Waals surface area contributed by atoms with Gasteiger partial charge < -0.3 is 9.88 Å². The molecular formula is C29H21F6N7O2. The third kappa shape index (κ3) is 5.83. The normalized spacial score (nSPS) is 13.1. The molecule has 0 saturated heterocycles. The van der Waals surface area contributed by atoms with Crippen LogP contribution in [0.15, 0.2) is 48.8 Å². The molecular weight excluding hydrogens is 592 g/mol. The van der Waals surface area contributed by atoms with Crippen LogP contribution in [0.25, 0.3) is 22.5 Å². The molecule has 5 rings (SSSR count). The summed E-state index contributed by atoms with van der Waals surface area (Å²) >= 11 is 0. The predicted octanol–water partition coefficient (Wildman–Crippen LogP) is 6.27. The zero-order valence-corrected chi connectivity index (χ0v) is 22.8. The van der Waals surface area contributed by atoms with Crippen LogP contribution in [0.3, 0.4) is 0 Å². The molecule has 1 aliphatic rings. The van der Waals surface area contributed by atoms with Crippen molar-refractivity contribution in [3.05, 3.63) is 76.6 Å². The number of amides is 1. The summed E-state index contributed by atoms with van der Waals surface area (Å²) in [6.45, 7) is -0.317. The number of nitrogens with zero attached hydrogens (tertiary/aromatic N) is 6. The maximum atomic E-state index is 13.9. The number of halogens is 6. The molecule has 0 aliphatic carbocycles. The van der Waals surface area contributed by atoms with E-state index >= 15 is 0 Å². The Labute approximate surface area is 245 Å². The Morgan fingerprint density at radius 2 is 1.80 bits per heavy atom. The van der Waals surface area contributed by atoms with Gasteiger partial charge in [0.25, 0.3) is 5.91 Å². The summed E-state index contributed by atoms with van der Waals surface area (Å²) in [5.74, 6) is -0.679. The van der Waals surface area contributed by atoms with Crippen LogP contribution in [0, 0.1) is 11.3 Å². The minimum Gasteiger partial charge on any atom is -0.370 e. The number of pyridine rings is 1. The van der Waals surface area contributed by atoms with Crippen molar-refractivity contribution in [1.82, 2.24) is 19.7 Å². The number of aldehydes is 1. The van der Waals surface area contributed by atoms with Crippen molar-refractivity contribution < 1.29 is 35.9 Å². The molecule has 1 N–H and O–H groups in total. The maximum absolute atomic E-state index is 13.9. The molecule has 3 heterocycles. The first kappa shape index (κ1) is 30.2. The van der Waals surface area contributed by atoms with Gasteiger partial charge in [-0.05, 0) is 65.6 Å². The highest BCUT2D eigenvalue weighted by Crippen LogP contribution is 2.42. The smallest absolute Gasteiger partial charge is 0.370 e. The van der Waals surface area contributed by atoms with E-state index in [0.717, 1.165) is 23.1 Å². The fourth-order valence-electron chi connectivity index (χ4n) is 4.90. The van der Waals surface area contributed by atoms with Gasteiger partial charge in [0, 0.05) is 36.7 Å². The number of alkyl halides is 6. The van der Waals surface area contributed by atoms with Crippen LogP contribution in [0.1, 0.15) is 50.2 Å². The van der Waals surface area contributed by atoms with E-state index in [0.29, 0.717) is 12.5 Å². The number of carbonyl (C=O) groups is 2. The summed E-state index contributed by atoms with van der Waals surface area (Å²) in [5.41, 5.74) is -2.71. The average Bonchev–Trinajstić information content (AvgIpc) is 3.55. The summed E-state index contributed by atoms with van der Waals surface area (Å²) in [6, 6.07) is 9.46. The molecule has 0 radical (unpaired) electrons. The number of hydrogen-bond acceptors (Lipinski definition) is 7. The molecule has 0 saturated carbocycles. The van der Waals surface area contributed by atoms with E-state index in [4.69, 9.17) is 5.26 Å². The fourth-order valence-corrected chi connectivity index (χ4v) is 4.90. The molecule has 0 atom stereocenters. The first-order valence-corrected chi connectivity index (χ1v) is 13.0. The van der Waals surface area contributed by atoms with Gasteiger partial charge in [0.1, 0.15) is 24.2 Å². The molecule has 1 aliphatic heterocycles. The zero-order chi connectivity index (χ0) is 31.8. The van der Waals surface area contributed by atoms with Gasteiger partial charge in [0.2, 0.25) is 0 Å². The molecule has 0 bridgehead atoms. The lowest BCUT2D eigenvalue weighted by Gasteiger charge is -2.20. The number of nitrogens with one attached hydrogen (secondary N) is 1. The van der Waals surface area contributed by atoms with Crippen LogP contribution in [-0.2, 0) is 25.9 Å². The van der Waals surface area contributed by atoms with Gasteiger partial charge >= 0.3 is 12.4 Å². The summed E-state index contributed by atoms with van der Waals surface area (Å²) in [7, 11) is 1.60. The van der Waals surface area contributed by atoms with Crippen LogP contribution < -0.4 is 10.2 Å². The maximum Gasteiger partial charge on any atom is 0.416 e. The molecule has 1 amide bonds. The van der Waals surface area contributed by atoms with E-state index in [1.165, 1.54) is 29.1 Å². The Kier molecular flexibility index (Phi) is 7.85. The minimum absolute atomic E-state index is 0.0445. The van der Waals surface area contributed by atoms with Crippen molar-refractivity contribution in [1.29, 1.82) is 5.26 Å². The number of nitriles is 1. The molecule has 2 aromatic heterocycles. The second-order valence-electron chi connectivity index (χ2n) is 9.91. The molecule has 9 nitrogen and oxygen atoms in total. The van der Waals surface area contributed by atoms with E-state index in [-0.39, 0.29) is 70.1 Å². The molecule has 226 valence electrons. The van der Waals surface area contributed by atoms with Crippen molar-refractivity contribution >= 4 is 23.8 Å². The fraction of sp³-hybridized carbons (Fsp3) is 0.241. The molecule has 0 fully saturated rings. The Hall–Kier alpha value is -5.26. The Balaban J connectivity index is 1.68. The highest BCUT2D eigenvalue weighted by molar-refractivity contribution is 6.11. The molecule has 44 heavy (non-hydrogen) atoms. The van der Waals surface area contributed by atoms with Gasteiger partial charge in [-0.1, -0.05) is 0 Å². The van der Waals surface area contributed by atoms with Crippen LogP contribution in [-0.4, -0.2) is 38.5 Å². The van der Waals surface area contributed by atoms with Crippen molar-refractivity contribution in [2.45, 2.75) is 31.7 Å². The van der Waals surface area contributed by atoms with Gasteiger partial charge in [-0.3, -0.25) is 14.5 Å². The SMILES string of the molecule is Cn1cnnc1-c1ccc(C(F)(F)F)cc1-c1cc(NCCCC#N)nc(N2Cc3c(cc(C=O)cc3C(F)(F)F)C2=O)c1. The highest BCUT2D eigenvalue weighted by atomic mass is 19.4. The minimum atomic E-state index is -4.87. The molecule has 2 aromatic carbocycles. The Morgan fingerprint density at radius 1 is 1.02 bits per heavy atom. The first-order chi connectivity index (χ1) is 20.8. The summed E-state index contributed by atoms with van der Waals surface area (Å²) < 4.78 is 84.7. The van der Waals surface area contributed by atoms with E-state index in [1.807, 2.05) is 6.07 Å². The van der Waals surface area contributed by atoms with E-state index in [2.05, 4.69) is 20.5 Å². The Morgan fingerprint density at radius 3 is 2.43 bits per heavy atom. The number of carbonyl (C=O) groups excluding carboxylic acids is 2. The van der Waals surface area contributed by atoms with Gasteiger partial charge in [-0.2, -0.15) is 31.6 Å². The van der Waals surface area contributed by atoms with E-state index in [1.54, 1.807) is 7.05 Å². The van der Waals surface area contributed by atoms with Crippen LogP contribution in [0.4, 0.5) is 38.0 Å². The highest BCUT2D eigenvalue weighted by Gasteiger charge is 2.41. The topological polar surface area (TPSA) is 117 Å². The van der Waals surface area contributed by atoms with Gasteiger partial charge in [-0.25, -0.2) is 4.98 Å². The predicted molar refractivity (Wildman–Crippen MR) is 145 cm³/mol. The van der Waals surface area contributed by atoms with Crippen LogP contribution in [0.5, 0.6) is 0 Å². The summed E-state index contributed by atoms with van der Waals surface area (Å²) in [6.07, 6.45) is -7.42. The lowest BCUT2D eigenvalue weighted by atomic mass is 9.96. The van der Waals surface area contributed by atoms with Crippen LogP contribution >= 0.6 is 0 Å². The first-order valence-electron chi connectivity index (χ1n) is 13.0. The largest absolute Gasteiger partial charge is 0.416 e. The van der Waals surface area contributed by atoms with E-state index in [9.17, 15) is 35.9 Å². The number of aryl methyl sites for hydroxylation is 1. The van der Waals surface area contributed by atoms with Gasteiger partial charge in [0.15, 0.2) is 5.82 Å². The second kappa shape index (κ2) is 11.4. The van der Waals surface area contributed by atoms with Crippen molar-refractivity contribution in [3.63, 3.8) is 0 Å². The lowest BCUT2D eigenvalue weighted by molar-refractivity contribution is -0.138. The Bertz CT molecular complexity index is 1810. The zero-order valence-electron chi connectivity index (χ0n) is 22.8. The number of aromatic nitrogens is 4. The van der Waals surface area contributed by atoms with Gasteiger partial charge in [-0.15, -0.1) is 10.2 Å². The number of rotatable bonds is 8. The summed E-state index contributed by atoms with van der Waals surface area (Å²) in [4.78, 5) is 30.2. The average molecular weight is 614 g/mol. The molecule has 15 heteroatoms. The number of hydrogen-bond donors (Lipinski definition) is 1. The standard InChI is InChI=1S/C29H21F6N7O2/c1-41-15-38-40-26(41)19-5-4-18(28(30,31)32)12-20(19)17-10-24(37-7-3-2-6-36)39-25(11-17)42-13-22-21(27(42)44)8-16(14-43)9-23(22)29(33,34)35/h4-5,8-12,14-15H,2-3,7,13H2,1H3,(H,37,39). The second-order valence-corrected chi connectivity index (χ2v) is 9.91. The lowest BCUT2D eigenvalue weighted by Crippen LogP contribution is -2.24. The number of anilines is 2. The van der Waals surface area contributed by atoms with Crippen molar-refractivity contribution in [3.8, 4) is 28.6 Å². The number of fused-ring (bicyclic) bond motifs is 1.